The first kappa shape index (κ1) is 10.4. The van der Waals surface area contributed by atoms with E-state index in [1.807, 2.05) is 30.4 Å². The Bertz CT molecular complexity index is 476. The predicted octanol–water partition coefficient (Wildman–Crippen LogP) is 2.26. The summed E-state index contributed by atoms with van der Waals surface area (Å²) in [5, 5.41) is 8.91. The molecule has 16 heavy (non-hydrogen) atoms. The molecule has 2 aromatic rings. The minimum atomic E-state index is 0.596. The number of aryl methyl sites for hydroxylation is 2. The molecule has 2 aromatic heterocycles. The zero-order valence-corrected chi connectivity index (χ0v) is 11.0. The Morgan fingerprint density at radius 2 is 2.38 bits per heavy atom. The van der Waals surface area contributed by atoms with Gasteiger partial charge >= 0.3 is 0 Å². The molecule has 3 heterocycles. The third-order valence-electron chi connectivity index (χ3n) is 2.80. The van der Waals surface area contributed by atoms with Gasteiger partial charge in [-0.3, -0.25) is 0 Å². The van der Waals surface area contributed by atoms with Gasteiger partial charge in [0.1, 0.15) is 0 Å². The molecule has 1 aliphatic rings. The first-order chi connectivity index (χ1) is 7.74. The van der Waals surface area contributed by atoms with Crippen LogP contribution in [0.4, 0.5) is 5.13 Å². The Labute approximate surface area is 102 Å². The van der Waals surface area contributed by atoms with Crippen LogP contribution in [0.3, 0.4) is 0 Å². The van der Waals surface area contributed by atoms with Crippen molar-refractivity contribution in [3.05, 3.63) is 5.69 Å². The molecular weight excluding hydrogens is 240 g/mol. The molecule has 3 rings (SSSR count). The molecule has 86 valence electrons. The van der Waals surface area contributed by atoms with E-state index < -0.39 is 0 Å². The van der Waals surface area contributed by atoms with E-state index in [-0.39, 0.29) is 0 Å². The van der Waals surface area contributed by atoms with Gasteiger partial charge in [0, 0.05) is 18.8 Å². The minimum absolute atomic E-state index is 0.596. The summed E-state index contributed by atoms with van der Waals surface area (Å²) in [6, 6.07) is 0.596. The monoisotopic (exact) mass is 254 g/mol. The number of fused-ring (bicyclic) bond motifs is 1. The molecule has 0 radical (unpaired) electrons. The highest BCUT2D eigenvalue weighted by atomic mass is 32.2. The first-order valence-electron chi connectivity index (χ1n) is 5.38. The van der Waals surface area contributed by atoms with E-state index in [1.54, 1.807) is 11.3 Å². The van der Waals surface area contributed by atoms with Crippen LogP contribution in [0.2, 0.25) is 0 Å². The predicted molar refractivity (Wildman–Crippen MR) is 70.5 cm³/mol. The highest BCUT2D eigenvalue weighted by molar-refractivity contribution is 7.99. The van der Waals surface area contributed by atoms with Gasteiger partial charge in [-0.25, -0.2) is 9.67 Å². The fraction of sp³-hybridized carbons (Fsp3) is 0.600. The number of rotatable bonds is 2. The SMILES string of the molecule is Cc1nn(C)c2nc(N[C@@H]3CCSC3)sc12. The standard InChI is InChI=1S/C10H14N4S2/c1-6-8-9(14(2)13-6)12-10(16-8)11-7-3-4-15-5-7/h7H,3-5H2,1-2H3,(H,11,12)/t7-/m1/s1. The summed E-state index contributed by atoms with van der Waals surface area (Å²) in [7, 11) is 1.95. The molecule has 0 spiro atoms. The largest absolute Gasteiger partial charge is 0.358 e. The lowest BCUT2D eigenvalue weighted by atomic mass is 10.3. The molecule has 0 unspecified atom stereocenters. The first-order valence-corrected chi connectivity index (χ1v) is 7.35. The van der Waals surface area contributed by atoms with Crippen molar-refractivity contribution in [1.29, 1.82) is 0 Å². The number of thioether (sulfide) groups is 1. The number of thiazole rings is 1. The average molecular weight is 254 g/mol. The Hall–Kier alpha value is -0.750. The van der Waals surface area contributed by atoms with E-state index in [0.717, 1.165) is 16.5 Å². The van der Waals surface area contributed by atoms with Gasteiger partial charge in [-0.15, -0.1) is 0 Å². The van der Waals surface area contributed by atoms with Crippen LogP contribution in [0, 0.1) is 6.92 Å². The van der Waals surface area contributed by atoms with Crippen molar-refractivity contribution in [3.63, 3.8) is 0 Å². The molecule has 0 aromatic carbocycles. The minimum Gasteiger partial charge on any atom is -0.358 e. The van der Waals surface area contributed by atoms with Gasteiger partial charge < -0.3 is 5.32 Å². The van der Waals surface area contributed by atoms with Crippen molar-refractivity contribution in [2.45, 2.75) is 19.4 Å². The number of anilines is 1. The Morgan fingerprint density at radius 1 is 1.50 bits per heavy atom. The van der Waals surface area contributed by atoms with Crippen molar-refractivity contribution < 1.29 is 0 Å². The van der Waals surface area contributed by atoms with E-state index in [4.69, 9.17) is 0 Å². The summed E-state index contributed by atoms with van der Waals surface area (Å²) in [6.45, 7) is 2.04. The van der Waals surface area contributed by atoms with Crippen LogP contribution in [0.1, 0.15) is 12.1 Å². The highest BCUT2D eigenvalue weighted by Crippen LogP contribution is 2.30. The van der Waals surface area contributed by atoms with Crippen LogP contribution in [0.5, 0.6) is 0 Å². The maximum atomic E-state index is 4.60. The van der Waals surface area contributed by atoms with Gasteiger partial charge in [0.05, 0.1) is 10.4 Å². The van der Waals surface area contributed by atoms with Crippen LogP contribution in [0.25, 0.3) is 10.3 Å². The van der Waals surface area contributed by atoms with Gasteiger partial charge in [0.2, 0.25) is 0 Å². The molecule has 1 saturated heterocycles. The number of hydrogen-bond donors (Lipinski definition) is 1. The smallest absolute Gasteiger partial charge is 0.185 e. The lowest BCUT2D eigenvalue weighted by Crippen LogP contribution is -2.17. The van der Waals surface area contributed by atoms with Crippen LogP contribution in [0.15, 0.2) is 0 Å². The quantitative estimate of drug-likeness (QED) is 0.892. The second-order valence-corrected chi connectivity index (χ2v) is 6.23. The second-order valence-electron chi connectivity index (χ2n) is 4.09. The number of nitrogens with one attached hydrogen (secondary N) is 1. The summed E-state index contributed by atoms with van der Waals surface area (Å²) in [5.41, 5.74) is 2.07. The number of nitrogens with zero attached hydrogens (tertiary/aromatic N) is 3. The van der Waals surface area contributed by atoms with Crippen LogP contribution >= 0.6 is 23.1 Å². The van der Waals surface area contributed by atoms with Crippen molar-refractivity contribution >= 4 is 38.6 Å². The molecule has 6 heteroatoms. The summed E-state index contributed by atoms with van der Waals surface area (Å²) in [6.07, 6.45) is 1.25. The van der Waals surface area contributed by atoms with Crippen molar-refractivity contribution in [3.8, 4) is 0 Å². The van der Waals surface area contributed by atoms with Gasteiger partial charge in [-0.1, -0.05) is 11.3 Å². The third-order valence-corrected chi connectivity index (χ3v) is 5.05. The maximum Gasteiger partial charge on any atom is 0.185 e. The topological polar surface area (TPSA) is 42.7 Å². The molecule has 4 nitrogen and oxygen atoms in total. The van der Waals surface area contributed by atoms with Crippen molar-refractivity contribution in [1.82, 2.24) is 14.8 Å². The van der Waals surface area contributed by atoms with Crippen LogP contribution in [-0.4, -0.2) is 32.3 Å². The van der Waals surface area contributed by atoms with E-state index in [2.05, 4.69) is 15.4 Å². The van der Waals surface area contributed by atoms with Gasteiger partial charge in [0.25, 0.3) is 0 Å². The summed E-state index contributed by atoms with van der Waals surface area (Å²) in [4.78, 5) is 4.60. The summed E-state index contributed by atoms with van der Waals surface area (Å²) < 4.78 is 3.06. The molecule has 1 aliphatic heterocycles. The lowest BCUT2D eigenvalue weighted by Gasteiger charge is -2.08. The normalized spacial score (nSPS) is 20.8. The van der Waals surface area contributed by atoms with E-state index in [9.17, 15) is 0 Å². The van der Waals surface area contributed by atoms with E-state index in [1.165, 1.54) is 22.6 Å². The van der Waals surface area contributed by atoms with Crippen molar-refractivity contribution in [2.75, 3.05) is 16.8 Å². The van der Waals surface area contributed by atoms with Gasteiger partial charge in [0.15, 0.2) is 10.8 Å². The molecule has 1 N–H and O–H groups in total. The zero-order chi connectivity index (χ0) is 11.1. The summed E-state index contributed by atoms with van der Waals surface area (Å²) >= 11 is 3.73. The fourth-order valence-electron chi connectivity index (χ4n) is 1.97. The zero-order valence-electron chi connectivity index (χ0n) is 9.36. The highest BCUT2D eigenvalue weighted by Gasteiger charge is 2.18. The van der Waals surface area contributed by atoms with Crippen molar-refractivity contribution in [2.24, 2.45) is 7.05 Å². The Balaban J connectivity index is 1.90. The number of aromatic nitrogens is 3. The number of hydrogen-bond acceptors (Lipinski definition) is 5. The summed E-state index contributed by atoms with van der Waals surface area (Å²) in [5.74, 6) is 2.47. The van der Waals surface area contributed by atoms with E-state index in [0.29, 0.717) is 6.04 Å². The molecule has 0 aliphatic carbocycles. The van der Waals surface area contributed by atoms with E-state index >= 15 is 0 Å². The molecular formula is C10H14N4S2. The Kier molecular flexibility index (Phi) is 2.55. The molecule has 0 saturated carbocycles. The molecule has 1 atom stereocenters. The fourth-order valence-corrected chi connectivity index (χ4v) is 4.13. The Morgan fingerprint density at radius 3 is 3.06 bits per heavy atom. The van der Waals surface area contributed by atoms with Gasteiger partial charge in [-0.05, 0) is 19.1 Å². The second kappa shape index (κ2) is 3.92. The molecule has 1 fully saturated rings. The average Bonchev–Trinajstić information content (AvgIpc) is 2.90. The lowest BCUT2D eigenvalue weighted by molar-refractivity contribution is 0.771. The third kappa shape index (κ3) is 1.69. The maximum absolute atomic E-state index is 4.60. The molecule has 0 amide bonds. The molecule has 0 bridgehead atoms. The van der Waals surface area contributed by atoms with Crippen LogP contribution in [-0.2, 0) is 7.05 Å². The van der Waals surface area contributed by atoms with Crippen LogP contribution < -0.4 is 5.32 Å². The van der Waals surface area contributed by atoms with Gasteiger partial charge in [-0.2, -0.15) is 16.9 Å².